The van der Waals surface area contributed by atoms with Gasteiger partial charge < -0.3 is 19.7 Å². The third-order valence-corrected chi connectivity index (χ3v) is 4.30. The Kier molecular flexibility index (Phi) is 5.60. The Morgan fingerprint density at radius 1 is 1.59 bits per heavy atom. The van der Waals surface area contributed by atoms with Crippen LogP contribution in [0.1, 0.15) is 32.4 Å². The first-order chi connectivity index (χ1) is 10.5. The molecular formula is C16H24N2O4. The summed E-state index contributed by atoms with van der Waals surface area (Å²) in [5.41, 5.74) is 0. The minimum absolute atomic E-state index is 0.0426. The lowest BCUT2D eigenvalue weighted by atomic mass is 10.0. The van der Waals surface area contributed by atoms with E-state index in [4.69, 9.17) is 4.42 Å². The zero-order valence-corrected chi connectivity index (χ0v) is 13.1. The third kappa shape index (κ3) is 4.10. The van der Waals surface area contributed by atoms with E-state index in [9.17, 15) is 14.7 Å². The first kappa shape index (κ1) is 16.5. The second-order valence-electron chi connectivity index (χ2n) is 5.95. The molecule has 2 N–H and O–H groups in total. The van der Waals surface area contributed by atoms with Crippen LogP contribution in [-0.4, -0.2) is 41.0 Å². The van der Waals surface area contributed by atoms with Crippen LogP contribution in [0.4, 0.5) is 0 Å². The van der Waals surface area contributed by atoms with Crippen molar-refractivity contribution in [3.05, 3.63) is 24.2 Å². The summed E-state index contributed by atoms with van der Waals surface area (Å²) in [4.78, 5) is 25.7. The van der Waals surface area contributed by atoms with E-state index in [1.807, 2.05) is 19.9 Å². The van der Waals surface area contributed by atoms with Crippen LogP contribution in [0.2, 0.25) is 0 Å². The lowest BCUT2D eigenvalue weighted by molar-refractivity contribution is -0.129. The highest BCUT2D eigenvalue weighted by Gasteiger charge is 2.34. The molecule has 0 bridgehead atoms. The van der Waals surface area contributed by atoms with E-state index >= 15 is 0 Å². The monoisotopic (exact) mass is 308 g/mol. The van der Waals surface area contributed by atoms with Crippen molar-refractivity contribution < 1.29 is 19.1 Å². The predicted molar refractivity (Wildman–Crippen MR) is 80.7 cm³/mol. The lowest BCUT2D eigenvalue weighted by Gasteiger charge is -2.19. The van der Waals surface area contributed by atoms with Gasteiger partial charge in [0.1, 0.15) is 5.76 Å². The van der Waals surface area contributed by atoms with Crippen LogP contribution in [0.5, 0.6) is 0 Å². The highest BCUT2D eigenvalue weighted by atomic mass is 16.3. The second-order valence-corrected chi connectivity index (χ2v) is 5.95. The molecule has 122 valence electrons. The molecule has 1 aromatic heterocycles. The number of likely N-dealkylation sites (tertiary alicyclic amines) is 1. The van der Waals surface area contributed by atoms with Gasteiger partial charge in [-0.15, -0.1) is 0 Å². The van der Waals surface area contributed by atoms with E-state index in [1.165, 1.54) is 0 Å². The molecule has 2 rings (SSSR count). The molecule has 1 saturated heterocycles. The number of nitrogens with one attached hydrogen (secondary N) is 1. The fourth-order valence-corrected chi connectivity index (χ4v) is 2.51. The zero-order valence-electron chi connectivity index (χ0n) is 13.1. The van der Waals surface area contributed by atoms with Crippen molar-refractivity contribution in [2.75, 3.05) is 13.1 Å². The van der Waals surface area contributed by atoms with E-state index in [-0.39, 0.29) is 36.6 Å². The largest absolute Gasteiger partial charge is 0.467 e. The highest BCUT2D eigenvalue weighted by molar-refractivity contribution is 5.89. The summed E-state index contributed by atoms with van der Waals surface area (Å²) in [6.07, 6.45) is 2.09. The molecule has 22 heavy (non-hydrogen) atoms. The van der Waals surface area contributed by atoms with Crippen molar-refractivity contribution in [2.45, 2.75) is 39.3 Å². The van der Waals surface area contributed by atoms with Gasteiger partial charge in [0.2, 0.25) is 11.8 Å². The third-order valence-electron chi connectivity index (χ3n) is 4.30. The van der Waals surface area contributed by atoms with E-state index in [1.54, 1.807) is 17.2 Å². The number of carbonyl (C=O) groups is 2. The smallest absolute Gasteiger partial charge is 0.225 e. The van der Waals surface area contributed by atoms with Crippen molar-refractivity contribution >= 4 is 11.8 Å². The van der Waals surface area contributed by atoms with Gasteiger partial charge in [0.05, 0.1) is 24.8 Å². The van der Waals surface area contributed by atoms with E-state index in [0.717, 1.165) is 6.42 Å². The van der Waals surface area contributed by atoms with Gasteiger partial charge in [-0.2, -0.15) is 0 Å². The van der Waals surface area contributed by atoms with Crippen LogP contribution in [0.25, 0.3) is 0 Å². The Morgan fingerprint density at radius 2 is 2.36 bits per heavy atom. The fourth-order valence-electron chi connectivity index (χ4n) is 2.51. The molecule has 0 radical (unpaired) electrons. The van der Waals surface area contributed by atoms with Gasteiger partial charge in [-0.3, -0.25) is 9.59 Å². The first-order valence-electron chi connectivity index (χ1n) is 7.77. The van der Waals surface area contributed by atoms with Gasteiger partial charge in [0.15, 0.2) is 0 Å². The van der Waals surface area contributed by atoms with Gasteiger partial charge in [-0.25, -0.2) is 0 Å². The van der Waals surface area contributed by atoms with E-state index < -0.39 is 6.10 Å². The average molecular weight is 308 g/mol. The average Bonchev–Trinajstić information content (AvgIpc) is 3.14. The van der Waals surface area contributed by atoms with Crippen molar-refractivity contribution in [3.8, 4) is 0 Å². The molecule has 0 spiro atoms. The number of aliphatic hydroxyl groups is 1. The minimum Gasteiger partial charge on any atom is -0.467 e. The van der Waals surface area contributed by atoms with Crippen LogP contribution in [0, 0.1) is 11.8 Å². The molecule has 0 saturated carbocycles. The molecule has 2 amide bonds. The number of rotatable bonds is 7. The van der Waals surface area contributed by atoms with E-state index in [0.29, 0.717) is 18.8 Å². The quantitative estimate of drug-likeness (QED) is 0.791. The minimum atomic E-state index is -0.551. The summed E-state index contributed by atoms with van der Waals surface area (Å²) in [6.45, 7) is 4.96. The van der Waals surface area contributed by atoms with Gasteiger partial charge >= 0.3 is 0 Å². The van der Waals surface area contributed by atoms with Crippen LogP contribution >= 0.6 is 0 Å². The van der Waals surface area contributed by atoms with Crippen molar-refractivity contribution in [2.24, 2.45) is 11.8 Å². The zero-order chi connectivity index (χ0) is 16.1. The molecule has 2 heterocycles. The molecule has 0 aromatic carbocycles. The van der Waals surface area contributed by atoms with E-state index in [2.05, 4.69) is 5.32 Å². The van der Waals surface area contributed by atoms with Gasteiger partial charge in [-0.05, 0) is 18.1 Å². The number of hydrogen-bond acceptors (Lipinski definition) is 4. The molecule has 0 aliphatic carbocycles. The molecule has 1 aromatic rings. The van der Waals surface area contributed by atoms with Crippen molar-refractivity contribution in [1.82, 2.24) is 10.2 Å². The lowest BCUT2D eigenvalue weighted by Crippen LogP contribution is -2.39. The molecule has 6 heteroatoms. The van der Waals surface area contributed by atoms with Crippen LogP contribution in [0.15, 0.2) is 22.8 Å². The van der Waals surface area contributed by atoms with Gasteiger partial charge in [0.25, 0.3) is 0 Å². The second kappa shape index (κ2) is 7.45. The number of nitrogens with zero attached hydrogens (tertiary/aromatic N) is 1. The maximum Gasteiger partial charge on any atom is 0.225 e. The van der Waals surface area contributed by atoms with Crippen molar-refractivity contribution in [3.63, 3.8) is 0 Å². The maximum absolute atomic E-state index is 12.1. The number of hydrogen-bond donors (Lipinski definition) is 2. The summed E-state index contributed by atoms with van der Waals surface area (Å²) in [5, 5.41) is 12.6. The first-order valence-corrected chi connectivity index (χ1v) is 7.77. The Morgan fingerprint density at radius 3 is 3.00 bits per heavy atom. The molecule has 3 atom stereocenters. The molecule has 1 fully saturated rings. The molecule has 6 nitrogen and oxygen atoms in total. The fraction of sp³-hybridized carbons (Fsp3) is 0.625. The number of amides is 2. The Bertz CT molecular complexity index is 500. The summed E-state index contributed by atoms with van der Waals surface area (Å²) in [6, 6.07) is 3.58. The topological polar surface area (TPSA) is 82.8 Å². The summed E-state index contributed by atoms with van der Waals surface area (Å²) in [7, 11) is 0. The Balaban J connectivity index is 1.81. The van der Waals surface area contributed by atoms with Gasteiger partial charge in [-0.1, -0.05) is 20.3 Å². The summed E-state index contributed by atoms with van der Waals surface area (Å²) < 4.78 is 5.23. The maximum atomic E-state index is 12.1. The van der Waals surface area contributed by atoms with Gasteiger partial charge in [0, 0.05) is 19.5 Å². The number of aliphatic hydroxyl groups excluding tert-OH is 1. The van der Waals surface area contributed by atoms with Crippen LogP contribution in [0.3, 0.4) is 0 Å². The Hall–Kier alpha value is -1.82. The number of furan rings is 1. The highest BCUT2D eigenvalue weighted by Crippen LogP contribution is 2.20. The van der Waals surface area contributed by atoms with Crippen LogP contribution < -0.4 is 5.32 Å². The van der Waals surface area contributed by atoms with Crippen LogP contribution in [-0.2, 0) is 16.1 Å². The summed E-state index contributed by atoms with van der Waals surface area (Å²) in [5.74, 6) is 0.283. The normalized spacial score (nSPS) is 21.0. The molecule has 3 unspecified atom stereocenters. The Labute approximate surface area is 130 Å². The standard InChI is InChI=1S/C16H24N2O4/c1-3-11(2)14(19)8-17-16(21)12-7-15(20)18(9-12)10-13-5-4-6-22-13/h4-6,11-12,14,19H,3,7-10H2,1-2H3,(H,17,21). The predicted octanol–water partition coefficient (Wildman–Crippen LogP) is 1.15. The molecular weight excluding hydrogens is 284 g/mol. The number of carbonyl (C=O) groups excluding carboxylic acids is 2. The summed E-state index contributed by atoms with van der Waals surface area (Å²) >= 11 is 0. The van der Waals surface area contributed by atoms with Crippen molar-refractivity contribution in [1.29, 1.82) is 0 Å². The molecule has 1 aliphatic heterocycles. The molecule has 1 aliphatic rings. The SMILES string of the molecule is CCC(C)C(O)CNC(=O)C1CC(=O)N(Cc2ccco2)C1.